The van der Waals surface area contributed by atoms with Crippen molar-refractivity contribution in [2.24, 2.45) is 0 Å². The molecular weight excluding hydrogens is 326 g/mol. The van der Waals surface area contributed by atoms with Crippen LogP contribution in [0.15, 0.2) is 52.1 Å². The molecule has 5 heteroatoms. The third-order valence-electron chi connectivity index (χ3n) is 2.58. The van der Waals surface area contributed by atoms with Crippen molar-refractivity contribution >= 4 is 33.7 Å². The molecule has 0 spiro atoms. The quantitative estimate of drug-likeness (QED) is 0.841. The van der Waals surface area contributed by atoms with Crippen molar-refractivity contribution in [3.05, 3.63) is 58.3 Å². The van der Waals surface area contributed by atoms with Gasteiger partial charge < -0.3 is 5.11 Å². The fourth-order valence-electron chi connectivity index (χ4n) is 1.59. The van der Waals surface area contributed by atoms with Crippen LogP contribution in [0.25, 0.3) is 0 Å². The number of aromatic nitrogens is 1. The number of pyridine rings is 1. The molecule has 0 saturated carbocycles. The Balaban J connectivity index is 1.97. The van der Waals surface area contributed by atoms with Crippen LogP contribution < -0.4 is 0 Å². The molecule has 3 nitrogen and oxygen atoms in total. The lowest BCUT2D eigenvalue weighted by atomic mass is 10.2. The Labute approximate surface area is 124 Å². The van der Waals surface area contributed by atoms with Gasteiger partial charge in [0, 0.05) is 27.5 Å². The van der Waals surface area contributed by atoms with Gasteiger partial charge in [-0.2, -0.15) is 0 Å². The van der Waals surface area contributed by atoms with Crippen molar-refractivity contribution < 1.29 is 9.90 Å². The molecule has 2 aromatic rings. The van der Waals surface area contributed by atoms with E-state index in [1.807, 2.05) is 18.2 Å². The highest BCUT2D eigenvalue weighted by Crippen LogP contribution is 2.25. The van der Waals surface area contributed by atoms with E-state index in [-0.39, 0.29) is 0 Å². The average Bonchev–Trinajstić information content (AvgIpc) is 2.41. The number of aromatic carboxylic acids is 1. The second kappa shape index (κ2) is 6.73. The first kappa shape index (κ1) is 14.1. The summed E-state index contributed by atoms with van der Waals surface area (Å²) < 4.78 is 0.610. The number of hydrogen-bond donors (Lipinski definition) is 1. The molecule has 1 aromatic heterocycles. The first-order chi connectivity index (χ1) is 9.16. The summed E-state index contributed by atoms with van der Waals surface area (Å²) in [7, 11) is 0. The molecule has 19 heavy (non-hydrogen) atoms. The number of nitrogens with zero attached hydrogens (tertiary/aromatic N) is 1. The van der Waals surface area contributed by atoms with Gasteiger partial charge in [0.2, 0.25) is 0 Å². The number of carbonyl (C=O) groups is 1. The van der Waals surface area contributed by atoms with Gasteiger partial charge in [-0.05, 0) is 58.2 Å². The summed E-state index contributed by atoms with van der Waals surface area (Å²) in [5, 5.41) is 9.05. The first-order valence-corrected chi connectivity index (χ1v) is 7.49. The van der Waals surface area contributed by atoms with Gasteiger partial charge in [0.1, 0.15) is 0 Å². The van der Waals surface area contributed by atoms with Crippen LogP contribution in [0, 0.1) is 0 Å². The zero-order chi connectivity index (χ0) is 13.7. The second-order valence-corrected chi connectivity index (χ2v) is 5.92. The van der Waals surface area contributed by atoms with Crippen LogP contribution >= 0.6 is 27.7 Å². The number of carboxylic acids is 1. The maximum atomic E-state index is 11.0. The highest BCUT2D eigenvalue weighted by Gasteiger charge is 2.09. The molecule has 0 fully saturated rings. The van der Waals surface area contributed by atoms with E-state index in [1.54, 1.807) is 36.3 Å². The smallest absolute Gasteiger partial charge is 0.336 e. The minimum absolute atomic E-state index is 0.300. The minimum atomic E-state index is -0.913. The van der Waals surface area contributed by atoms with Gasteiger partial charge in [-0.3, -0.25) is 4.98 Å². The molecule has 0 unspecified atom stereocenters. The van der Waals surface area contributed by atoms with E-state index in [4.69, 9.17) is 5.11 Å². The molecular formula is C14H12BrNO2S. The van der Waals surface area contributed by atoms with Gasteiger partial charge in [0.05, 0.1) is 5.56 Å². The van der Waals surface area contributed by atoms with E-state index in [0.717, 1.165) is 17.1 Å². The number of rotatable bonds is 5. The molecule has 0 aliphatic carbocycles. The monoisotopic (exact) mass is 337 g/mol. The average molecular weight is 338 g/mol. The highest BCUT2D eigenvalue weighted by molar-refractivity contribution is 9.10. The molecule has 98 valence electrons. The molecule has 0 atom stereocenters. The molecule has 0 bridgehead atoms. The molecule has 0 amide bonds. The Kier molecular flexibility index (Phi) is 4.99. The number of carboxylic acid groups (broad SMARTS) is 1. The van der Waals surface area contributed by atoms with Crippen LogP contribution in [0.1, 0.15) is 15.9 Å². The molecule has 1 heterocycles. The maximum Gasteiger partial charge on any atom is 0.336 e. The van der Waals surface area contributed by atoms with Gasteiger partial charge in [0.25, 0.3) is 0 Å². The fraction of sp³-hybridized carbons (Fsp3) is 0.143. The summed E-state index contributed by atoms with van der Waals surface area (Å²) in [4.78, 5) is 16.0. The Morgan fingerprint density at radius 3 is 2.68 bits per heavy atom. The van der Waals surface area contributed by atoms with Crippen molar-refractivity contribution in [2.75, 3.05) is 5.75 Å². The van der Waals surface area contributed by atoms with Gasteiger partial charge in [0.15, 0.2) is 0 Å². The maximum absolute atomic E-state index is 11.0. The van der Waals surface area contributed by atoms with E-state index < -0.39 is 5.97 Å². The number of benzene rings is 1. The van der Waals surface area contributed by atoms with Crippen LogP contribution in [0.2, 0.25) is 0 Å². The molecule has 0 saturated heterocycles. The van der Waals surface area contributed by atoms with Crippen molar-refractivity contribution in [2.45, 2.75) is 11.3 Å². The summed E-state index contributed by atoms with van der Waals surface area (Å²) in [6.45, 7) is 0. The van der Waals surface area contributed by atoms with Crippen LogP contribution in [0.3, 0.4) is 0 Å². The zero-order valence-corrected chi connectivity index (χ0v) is 12.4. The summed E-state index contributed by atoms with van der Waals surface area (Å²) in [5.41, 5.74) is 1.53. The topological polar surface area (TPSA) is 50.2 Å². The van der Waals surface area contributed by atoms with Gasteiger partial charge in [-0.15, -0.1) is 11.8 Å². The summed E-state index contributed by atoms with van der Waals surface area (Å²) in [5.74, 6) is -0.00602. The lowest BCUT2D eigenvalue weighted by Gasteiger charge is -2.05. The van der Waals surface area contributed by atoms with Gasteiger partial charge in [-0.1, -0.05) is 0 Å². The van der Waals surface area contributed by atoms with E-state index in [2.05, 4.69) is 20.9 Å². The number of aryl methyl sites for hydroxylation is 1. The van der Waals surface area contributed by atoms with Gasteiger partial charge >= 0.3 is 5.97 Å². The van der Waals surface area contributed by atoms with E-state index in [1.165, 1.54) is 5.56 Å². The Morgan fingerprint density at radius 2 is 2.00 bits per heavy atom. The van der Waals surface area contributed by atoms with Crippen LogP contribution in [-0.2, 0) is 6.42 Å². The minimum Gasteiger partial charge on any atom is -0.478 e. The molecule has 1 aromatic carbocycles. The van der Waals surface area contributed by atoms with Crippen LogP contribution in [0.4, 0.5) is 0 Å². The van der Waals surface area contributed by atoms with Crippen molar-refractivity contribution in [1.82, 2.24) is 4.98 Å². The lowest BCUT2D eigenvalue weighted by molar-refractivity contribution is 0.0695. The second-order valence-electron chi connectivity index (χ2n) is 3.90. The summed E-state index contributed by atoms with van der Waals surface area (Å²) >= 11 is 4.89. The number of hydrogen-bond acceptors (Lipinski definition) is 3. The largest absolute Gasteiger partial charge is 0.478 e. The normalized spacial score (nSPS) is 10.4. The molecule has 2 rings (SSSR count). The third kappa shape index (κ3) is 4.08. The van der Waals surface area contributed by atoms with Crippen LogP contribution in [-0.4, -0.2) is 21.8 Å². The number of thioether (sulfide) groups is 1. The SMILES string of the molecule is O=C(O)c1cc(SCCc2ccncc2)ccc1Br. The lowest BCUT2D eigenvalue weighted by Crippen LogP contribution is -1.98. The zero-order valence-electron chi connectivity index (χ0n) is 10.0. The van der Waals surface area contributed by atoms with Crippen molar-refractivity contribution in [1.29, 1.82) is 0 Å². The predicted molar refractivity (Wildman–Crippen MR) is 79.8 cm³/mol. The van der Waals surface area contributed by atoms with Crippen LogP contribution in [0.5, 0.6) is 0 Å². The standard InChI is InChI=1S/C14H12BrNO2S/c15-13-2-1-11(9-12(13)14(17)18)19-8-5-10-3-6-16-7-4-10/h1-4,6-7,9H,5,8H2,(H,17,18). The predicted octanol–water partition coefficient (Wildman–Crippen LogP) is 3.88. The van der Waals surface area contributed by atoms with E-state index in [0.29, 0.717) is 10.0 Å². The molecule has 0 aliphatic heterocycles. The Bertz CT molecular complexity index is 575. The Hall–Kier alpha value is -1.33. The number of halogens is 1. The fourth-order valence-corrected chi connectivity index (χ4v) is 2.95. The summed E-state index contributed by atoms with van der Waals surface area (Å²) in [6, 6.07) is 9.38. The molecule has 1 N–H and O–H groups in total. The summed E-state index contributed by atoms with van der Waals surface area (Å²) in [6.07, 6.45) is 4.50. The highest BCUT2D eigenvalue weighted by atomic mass is 79.9. The Morgan fingerprint density at radius 1 is 1.26 bits per heavy atom. The first-order valence-electron chi connectivity index (χ1n) is 5.71. The third-order valence-corrected chi connectivity index (χ3v) is 4.26. The van der Waals surface area contributed by atoms with Gasteiger partial charge in [-0.25, -0.2) is 4.79 Å². The molecule has 0 aliphatic rings. The van der Waals surface area contributed by atoms with E-state index in [9.17, 15) is 4.79 Å². The van der Waals surface area contributed by atoms with E-state index >= 15 is 0 Å². The van der Waals surface area contributed by atoms with Crippen molar-refractivity contribution in [3.63, 3.8) is 0 Å². The van der Waals surface area contributed by atoms with Crippen molar-refractivity contribution in [3.8, 4) is 0 Å². The molecule has 0 radical (unpaired) electrons.